The van der Waals surface area contributed by atoms with Crippen LogP contribution in [0.2, 0.25) is 5.02 Å². The third-order valence-corrected chi connectivity index (χ3v) is 6.11. The Labute approximate surface area is 190 Å². The molecular formula is C26H21ClN2O3. The Morgan fingerprint density at radius 2 is 1.78 bits per heavy atom. The summed E-state index contributed by atoms with van der Waals surface area (Å²) in [6, 6.07) is 17.7. The molecule has 0 radical (unpaired) electrons. The van der Waals surface area contributed by atoms with Crippen molar-refractivity contribution in [1.29, 1.82) is 0 Å². The van der Waals surface area contributed by atoms with Crippen molar-refractivity contribution in [2.45, 2.75) is 32.7 Å². The van der Waals surface area contributed by atoms with E-state index < -0.39 is 6.04 Å². The number of halogens is 1. The number of carbonyl (C=O) groups is 1. The number of hydrogen-bond donors (Lipinski definition) is 0. The van der Waals surface area contributed by atoms with Gasteiger partial charge in [-0.2, -0.15) is 0 Å². The highest BCUT2D eigenvalue weighted by atomic mass is 35.5. The van der Waals surface area contributed by atoms with Crippen LogP contribution in [0.15, 0.2) is 69.9 Å². The molecule has 0 bridgehead atoms. The van der Waals surface area contributed by atoms with Gasteiger partial charge in [-0.15, -0.1) is 0 Å². The minimum atomic E-state index is -0.646. The SMILES string of the molecule is Cc1cccc(N2C(=O)c3oc4ccc(Cl)cc4c(=O)c3[C@H]2c2ccc(C(C)C)cc2)n1. The van der Waals surface area contributed by atoms with E-state index in [-0.39, 0.29) is 17.1 Å². The highest BCUT2D eigenvalue weighted by Gasteiger charge is 2.44. The van der Waals surface area contributed by atoms with Gasteiger partial charge < -0.3 is 4.42 Å². The van der Waals surface area contributed by atoms with Gasteiger partial charge >= 0.3 is 0 Å². The molecule has 1 aliphatic rings. The number of pyridine rings is 1. The maximum Gasteiger partial charge on any atom is 0.296 e. The summed E-state index contributed by atoms with van der Waals surface area (Å²) in [6.45, 7) is 6.11. The summed E-state index contributed by atoms with van der Waals surface area (Å²) in [7, 11) is 0. The van der Waals surface area contributed by atoms with E-state index in [9.17, 15) is 9.59 Å². The topological polar surface area (TPSA) is 63.4 Å². The van der Waals surface area contributed by atoms with E-state index in [4.69, 9.17) is 16.0 Å². The quantitative estimate of drug-likeness (QED) is 0.387. The van der Waals surface area contributed by atoms with Gasteiger partial charge in [0.1, 0.15) is 11.4 Å². The first kappa shape index (κ1) is 20.5. The molecule has 2 aromatic heterocycles. The average molecular weight is 445 g/mol. The van der Waals surface area contributed by atoms with Gasteiger partial charge in [-0.05, 0) is 54.3 Å². The van der Waals surface area contributed by atoms with Crippen molar-refractivity contribution in [3.8, 4) is 0 Å². The number of rotatable bonds is 3. The van der Waals surface area contributed by atoms with Crippen LogP contribution in [0, 0.1) is 6.92 Å². The molecule has 0 unspecified atom stereocenters. The third-order valence-electron chi connectivity index (χ3n) is 5.87. The first-order valence-corrected chi connectivity index (χ1v) is 10.9. The lowest BCUT2D eigenvalue weighted by atomic mass is 9.95. The molecule has 4 aromatic rings. The molecule has 32 heavy (non-hydrogen) atoms. The van der Waals surface area contributed by atoms with E-state index in [2.05, 4.69) is 18.8 Å². The molecule has 5 rings (SSSR count). The summed E-state index contributed by atoms with van der Waals surface area (Å²) < 4.78 is 5.97. The number of anilines is 1. The first-order chi connectivity index (χ1) is 15.3. The predicted molar refractivity (Wildman–Crippen MR) is 126 cm³/mol. The minimum Gasteiger partial charge on any atom is -0.450 e. The Bertz CT molecular complexity index is 1420. The lowest BCUT2D eigenvalue weighted by molar-refractivity contribution is 0.0970. The lowest BCUT2D eigenvalue weighted by Crippen LogP contribution is -2.30. The Morgan fingerprint density at radius 3 is 2.47 bits per heavy atom. The molecule has 0 saturated carbocycles. The van der Waals surface area contributed by atoms with Crippen LogP contribution in [-0.4, -0.2) is 10.9 Å². The van der Waals surface area contributed by atoms with Crippen LogP contribution in [-0.2, 0) is 0 Å². The van der Waals surface area contributed by atoms with Crippen molar-refractivity contribution in [2.75, 3.05) is 4.90 Å². The molecule has 1 amide bonds. The largest absolute Gasteiger partial charge is 0.450 e. The summed E-state index contributed by atoms with van der Waals surface area (Å²) in [6.07, 6.45) is 0. The van der Waals surface area contributed by atoms with Crippen molar-refractivity contribution in [3.05, 3.63) is 104 Å². The Kier molecular flexibility index (Phi) is 4.86. The Morgan fingerprint density at radius 1 is 1.03 bits per heavy atom. The Balaban J connectivity index is 1.79. The fourth-order valence-corrected chi connectivity index (χ4v) is 4.39. The van der Waals surface area contributed by atoms with Crippen LogP contribution in [0.4, 0.5) is 5.82 Å². The normalized spacial score (nSPS) is 15.6. The predicted octanol–water partition coefficient (Wildman–Crippen LogP) is 6.02. The second kappa shape index (κ2) is 7.61. The number of amides is 1. The zero-order chi connectivity index (χ0) is 22.6. The molecule has 6 heteroatoms. The molecule has 3 heterocycles. The smallest absolute Gasteiger partial charge is 0.296 e. The average Bonchev–Trinajstić information content (AvgIpc) is 3.07. The van der Waals surface area contributed by atoms with Gasteiger partial charge in [0.05, 0.1) is 17.0 Å². The van der Waals surface area contributed by atoms with Crippen LogP contribution >= 0.6 is 11.6 Å². The standard InChI is InChI=1S/C26H21ClN2O3/c1-14(2)16-7-9-17(10-8-16)23-22-24(30)19-13-18(27)11-12-20(19)32-25(22)26(31)29(23)21-6-4-5-15(3)28-21/h4-14,23H,1-3H3/t23-/m1/s1. The fourth-order valence-electron chi connectivity index (χ4n) is 4.22. The first-order valence-electron chi connectivity index (χ1n) is 10.5. The monoisotopic (exact) mass is 444 g/mol. The van der Waals surface area contributed by atoms with Gasteiger partial charge in [0, 0.05) is 10.7 Å². The lowest BCUT2D eigenvalue weighted by Gasteiger charge is -2.24. The molecule has 2 aromatic carbocycles. The summed E-state index contributed by atoms with van der Waals surface area (Å²) >= 11 is 6.14. The van der Waals surface area contributed by atoms with E-state index in [1.54, 1.807) is 29.2 Å². The van der Waals surface area contributed by atoms with Gasteiger partial charge in [0.25, 0.3) is 5.91 Å². The number of carbonyl (C=O) groups excluding carboxylic acids is 1. The van der Waals surface area contributed by atoms with E-state index >= 15 is 0 Å². The fraction of sp³-hybridized carbons (Fsp3) is 0.192. The molecule has 5 nitrogen and oxygen atoms in total. The number of fused-ring (bicyclic) bond motifs is 2. The van der Waals surface area contributed by atoms with E-state index in [1.165, 1.54) is 5.56 Å². The van der Waals surface area contributed by atoms with Crippen LogP contribution in [0.1, 0.15) is 58.7 Å². The van der Waals surface area contributed by atoms with Gasteiger partial charge in [0.2, 0.25) is 5.76 Å². The number of benzene rings is 2. The van der Waals surface area contributed by atoms with E-state index in [1.807, 2.05) is 43.3 Å². The zero-order valence-electron chi connectivity index (χ0n) is 17.9. The van der Waals surface area contributed by atoms with Gasteiger partial charge in [-0.3, -0.25) is 14.5 Å². The number of hydrogen-bond acceptors (Lipinski definition) is 4. The molecule has 0 saturated heterocycles. The maximum atomic E-state index is 13.6. The highest BCUT2D eigenvalue weighted by Crippen LogP contribution is 2.41. The van der Waals surface area contributed by atoms with Crippen molar-refractivity contribution in [3.63, 3.8) is 0 Å². The zero-order valence-corrected chi connectivity index (χ0v) is 18.7. The van der Waals surface area contributed by atoms with E-state index in [0.29, 0.717) is 33.3 Å². The van der Waals surface area contributed by atoms with Crippen LogP contribution < -0.4 is 10.3 Å². The molecular weight excluding hydrogens is 424 g/mol. The maximum absolute atomic E-state index is 13.6. The van der Waals surface area contributed by atoms with Gasteiger partial charge in [0.15, 0.2) is 5.43 Å². The second-order valence-electron chi connectivity index (χ2n) is 8.35. The Hall–Kier alpha value is -3.44. The molecule has 0 aliphatic carbocycles. The van der Waals surface area contributed by atoms with E-state index in [0.717, 1.165) is 11.3 Å². The summed E-state index contributed by atoms with van der Waals surface area (Å²) in [5, 5.41) is 0.788. The highest BCUT2D eigenvalue weighted by molar-refractivity contribution is 6.31. The van der Waals surface area contributed by atoms with Gasteiger partial charge in [-0.25, -0.2) is 4.98 Å². The van der Waals surface area contributed by atoms with Crippen LogP contribution in [0.25, 0.3) is 11.0 Å². The number of nitrogens with zero attached hydrogens (tertiary/aromatic N) is 2. The summed E-state index contributed by atoms with van der Waals surface area (Å²) in [5.41, 5.74) is 3.15. The molecule has 1 aliphatic heterocycles. The molecule has 0 fully saturated rings. The molecule has 0 N–H and O–H groups in total. The second-order valence-corrected chi connectivity index (χ2v) is 8.79. The van der Waals surface area contributed by atoms with Crippen molar-refractivity contribution in [1.82, 2.24) is 4.98 Å². The molecule has 160 valence electrons. The van der Waals surface area contributed by atoms with Crippen molar-refractivity contribution < 1.29 is 9.21 Å². The van der Waals surface area contributed by atoms with Gasteiger partial charge in [-0.1, -0.05) is 55.8 Å². The van der Waals surface area contributed by atoms with Crippen LogP contribution in [0.3, 0.4) is 0 Å². The summed E-state index contributed by atoms with van der Waals surface area (Å²) in [4.78, 5) is 33.3. The number of aryl methyl sites for hydroxylation is 1. The summed E-state index contributed by atoms with van der Waals surface area (Å²) in [5.74, 6) is 0.504. The third kappa shape index (κ3) is 3.21. The number of aromatic nitrogens is 1. The molecule has 1 atom stereocenters. The van der Waals surface area contributed by atoms with Crippen LogP contribution in [0.5, 0.6) is 0 Å². The molecule has 0 spiro atoms. The van der Waals surface area contributed by atoms with Crippen molar-refractivity contribution >= 4 is 34.3 Å². The minimum absolute atomic E-state index is 0.0473. The van der Waals surface area contributed by atoms with Crippen molar-refractivity contribution in [2.24, 2.45) is 0 Å².